The van der Waals surface area contributed by atoms with Crippen molar-refractivity contribution in [2.75, 3.05) is 18.5 Å². The molecule has 0 amide bonds. The molecule has 2 rings (SSSR count). The first-order chi connectivity index (χ1) is 12.8. The number of nitrogens with zero attached hydrogens (tertiary/aromatic N) is 1. The van der Waals surface area contributed by atoms with E-state index in [1.807, 2.05) is 24.3 Å². The summed E-state index contributed by atoms with van der Waals surface area (Å²) in [5.41, 5.74) is 2.25. The van der Waals surface area contributed by atoms with Crippen LogP contribution in [-0.4, -0.2) is 35.2 Å². The van der Waals surface area contributed by atoms with Crippen LogP contribution in [0.3, 0.4) is 0 Å². The van der Waals surface area contributed by atoms with Crippen LogP contribution in [0.25, 0.3) is 0 Å². The van der Waals surface area contributed by atoms with Crippen molar-refractivity contribution in [3.63, 3.8) is 0 Å². The number of hydrogen-bond acceptors (Lipinski definition) is 6. The molecule has 2 aromatic rings. The zero-order valence-electron chi connectivity index (χ0n) is 16.2. The number of ether oxygens (including phenoxy) is 1. The van der Waals surface area contributed by atoms with Gasteiger partial charge in [0.2, 0.25) is 0 Å². The second kappa shape index (κ2) is 8.99. The Morgan fingerprint density at radius 1 is 1.30 bits per heavy atom. The third-order valence-electron chi connectivity index (χ3n) is 4.36. The number of nitrogens with one attached hydrogen (secondary N) is 1. The van der Waals surface area contributed by atoms with Gasteiger partial charge in [-0.3, -0.25) is 4.79 Å². The summed E-state index contributed by atoms with van der Waals surface area (Å²) in [5.74, 6) is -1.26. The standard InChI is InChI=1S/C20H26N2O4S/c1-5-20(3,4)19-22-15(17(27-19)18(25)26-6-2)11-13-8-7-9-14(10-13)21-12-16(23)24/h7-10,21H,5-6,11-12H2,1-4H3,(H,23,24). The highest BCUT2D eigenvalue weighted by atomic mass is 32.1. The lowest BCUT2D eigenvalue weighted by molar-refractivity contribution is -0.134. The smallest absolute Gasteiger partial charge is 0.350 e. The number of benzene rings is 1. The number of aliphatic carboxylic acids is 1. The van der Waals surface area contributed by atoms with Crippen molar-refractivity contribution in [2.24, 2.45) is 0 Å². The van der Waals surface area contributed by atoms with Crippen LogP contribution >= 0.6 is 11.3 Å². The molecule has 2 N–H and O–H groups in total. The van der Waals surface area contributed by atoms with Gasteiger partial charge in [0, 0.05) is 17.5 Å². The quantitative estimate of drug-likeness (QED) is 0.627. The zero-order chi connectivity index (χ0) is 20.0. The van der Waals surface area contributed by atoms with Gasteiger partial charge in [0.25, 0.3) is 0 Å². The van der Waals surface area contributed by atoms with E-state index in [0.717, 1.165) is 22.7 Å². The number of aromatic nitrogens is 1. The van der Waals surface area contributed by atoms with Crippen LogP contribution in [0.4, 0.5) is 5.69 Å². The molecule has 1 aromatic heterocycles. The van der Waals surface area contributed by atoms with Gasteiger partial charge in [-0.25, -0.2) is 9.78 Å². The summed E-state index contributed by atoms with van der Waals surface area (Å²) in [4.78, 5) is 28.4. The lowest BCUT2D eigenvalue weighted by atomic mass is 9.91. The third-order valence-corrected chi connectivity index (χ3v) is 5.81. The molecule has 0 unspecified atom stereocenters. The van der Waals surface area contributed by atoms with Crippen molar-refractivity contribution in [3.8, 4) is 0 Å². The number of hydrogen-bond donors (Lipinski definition) is 2. The predicted octanol–water partition coefficient (Wildman–Crippen LogP) is 4.09. The maximum absolute atomic E-state index is 12.4. The van der Waals surface area contributed by atoms with E-state index in [1.165, 1.54) is 11.3 Å². The molecule has 0 aliphatic heterocycles. The first kappa shape index (κ1) is 20.9. The Labute approximate surface area is 163 Å². The van der Waals surface area contributed by atoms with Gasteiger partial charge in [-0.1, -0.05) is 32.9 Å². The van der Waals surface area contributed by atoms with Crippen LogP contribution in [0.15, 0.2) is 24.3 Å². The molecule has 6 nitrogen and oxygen atoms in total. The number of esters is 1. The minimum Gasteiger partial charge on any atom is -0.480 e. The fraction of sp³-hybridized carbons (Fsp3) is 0.450. The normalized spacial score (nSPS) is 11.3. The molecule has 27 heavy (non-hydrogen) atoms. The molecule has 146 valence electrons. The van der Waals surface area contributed by atoms with Gasteiger partial charge in [-0.05, 0) is 31.0 Å². The lowest BCUT2D eigenvalue weighted by Gasteiger charge is -2.18. The van der Waals surface area contributed by atoms with E-state index in [4.69, 9.17) is 14.8 Å². The first-order valence-corrected chi connectivity index (χ1v) is 9.80. The fourth-order valence-corrected chi connectivity index (χ4v) is 3.58. The molecule has 0 saturated heterocycles. The molecule has 0 aliphatic rings. The number of carbonyl (C=O) groups excluding carboxylic acids is 1. The summed E-state index contributed by atoms with van der Waals surface area (Å²) in [6.07, 6.45) is 1.39. The van der Waals surface area contributed by atoms with Crippen LogP contribution in [0.1, 0.15) is 60.1 Å². The van der Waals surface area contributed by atoms with Gasteiger partial charge in [-0.2, -0.15) is 0 Å². The Kier molecular flexibility index (Phi) is 6.96. The van der Waals surface area contributed by atoms with E-state index < -0.39 is 5.97 Å². The van der Waals surface area contributed by atoms with Crippen LogP contribution in [-0.2, 0) is 21.4 Å². The Morgan fingerprint density at radius 2 is 2.04 bits per heavy atom. The Hall–Kier alpha value is -2.41. The van der Waals surface area contributed by atoms with Crippen molar-refractivity contribution in [1.82, 2.24) is 4.98 Å². The number of rotatable bonds is 9. The molecule has 0 saturated carbocycles. The monoisotopic (exact) mass is 390 g/mol. The summed E-state index contributed by atoms with van der Waals surface area (Å²) in [6.45, 7) is 8.28. The Morgan fingerprint density at radius 3 is 2.67 bits per heavy atom. The second-order valence-corrected chi connectivity index (χ2v) is 7.88. The molecule has 1 heterocycles. The van der Waals surface area contributed by atoms with Crippen LogP contribution in [0.5, 0.6) is 0 Å². The van der Waals surface area contributed by atoms with Gasteiger partial charge < -0.3 is 15.2 Å². The zero-order valence-corrected chi connectivity index (χ0v) is 17.0. The molecule has 1 aromatic carbocycles. The van der Waals surface area contributed by atoms with Crippen LogP contribution in [0.2, 0.25) is 0 Å². The van der Waals surface area contributed by atoms with Gasteiger partial charge in [0.05, 0.1) is 17.3 Å². The molecule has 0 spiro atoms. The van der Waals surface area contributed by atoms with E-state index in [2.05, 4.69) is 26.1 Å². The summed E-state index contributed by atoms with van der Waals surface area (Å²) >= 11 is 1.40. The number of carbonyl (C=O) groups is 2. The number of anilines is 1. The fourth-order valence-electron chi connectivity index (χ4n) is 2.43. The highest BCUT2D eigenvalue weighted by molar-refractivity contribution is 7.13. The number of carboxylic acid groups (broad SMARTS) is 1. The third kappa shape index (κ3) is 5.53. The molecular formula is C20H26N2O4S. The van der Waals surface area contributed by atoms with E-state index >= 15 is 0 Å². The van der Waals surface area contributed by atoms with E-state index in [9.17, 15) is 9.59 Å². The van der Waals surface area contributed by atoms with Crippen molar-refractivity contribution in [2.45, 2.75) is 46.0 Å². The molecular weight excluding hydrogens is 364 g/mol. The summed E-state index contributed by atoms with van der Waals surface area (Å²) < 4.78 is 5.21. The average Bonchev–Trinajstić information content (AvgIpc) is 3.05. The largest absolute Gasteiger partial charge is 0.480 e. The first-order valence-electron chi connectivity index (χ1n) is 8.98. The number of carboxylic acids is 1. The number of thiazole rings is 1. The highest BCUT2D eigenvalue weighted by Crippen LogP contribution is 2.33. The van der Waals surface area contributed by atoms with Crippen molar-refractivity contribution in [1.29, 1.82) is 0 Å². The molecule has 0 atom stereocenters. The molecule has 0 fully saturated rings. The van der Waals surface area contributed by atoms with Crippen molar-refractivity contribution >= 4 is 29.0 Å². The summed E-state index contributed by atoms with van der Waals surface area (Å²) in [6, 6.07) is 7.48. The summed E-state index contributed by atoms with van der Waals surface area (Å²) in [5, 5.41) is 12.6. The van der Waals surface area contributed by atoms with Gasteiger partial charge in [0.1, 0.15) is 11.4 Å². The van der Waals surface area contributed by atoms with Gasteiger partial charge >= 0.3 is 11.9 Å². The second-order valence-electron chi connectivity index (χ2n) is 6.88. The molecule has 7 heteroatoms. The Balaban J connectivity index is 2.32. The molecule has 0 bridgehead atoms. The minimum atomic E-state index is -0.920. The Bertz CT molecular complexity index is 814. The highest BCUT2D eigenvalue weighted by Gasteiger charge is 2.27. The van der Waals surface area contributed by atoms with Crippen LogP contribution in [0, 0.1) is 0 Å². The van der Waals surface area contributed by atoms with E-state index in [0.29, 0.717) is 23.6 Å². The maximum atomic E-state index is 12.4. The van der Waals surface area contributed by atoms with Crippen molar-refractivity contribution < 1.29 is 19.4 Å². The molecule has 0 radical (unpaired) electrons. The maximum Gasteiger partial charge on any atom is 0.350 e. The van der Waals surface area contributed by atoms with Crippen molar-refractivity contribution in [3.05, 3.63) is 45.4 Å². The topological polar surface area (TPSA) is 88.5 Å². The van der Waals surface area contributed by atoms with E-state index in [-0.39, 0.29) is 17.9 Å². The predicted molar refractivity (Wildman–Crippen MR) is 107 cm³/mol. The van der Waals surface area contributed by atoms with Gasteiger partial charge in [0.15, 0.2) is 0 Å². The lowest BCUT2D eigenvalue weighted by Crippen LogP contribution is -2.15. The van der Waals surface area contributed by atoms with Crippen LogP contribution < -0.4 is 5.32 Å². The van der Waals surface area contributed by atoms with Gasteiger partial charge in [-0.15, -0.1) is 11.3 Å². The SMILES string of the molecule is CCOC(=O)c1sc(C(C)(C)CC)nc1Cc1cccc(NCC(=O)O)c1. The summed E-state index contributed by atoms with van der Waals surface area (Å²) in [7, 11) is 0. The molecule has 0 aliphatic carbocycles. The average molecular weight is 391 g/mol. The van der Waals surface area contributed by atoms with E-state index in [1.54, 1.807) is 6.92 Å². The minimum absolute atomic E-state index is 0.116.